The predicted octanol–water partition coefficient (Wildman–Crippen LogP) is 1.58. The number of esters is 1. The fourth-order valence-electron chi connectivity index (χ4n) is 0.621. The maximum Gasteiger partial charge on any atom is 0.306 e. The minimum absolute atomic E-state index is 0.00288. The number of ether oxygens (including phenoxy) is 1. The van der Waals surface area contributed by atoms with E-state index in [1.54, 1.807) is 0 Å². The highest BCUT2D eigenvalue weighted by atomic mass is 32.2. The lowest BCUT2D eigenvalue weighted by Crippen LogP contribution is -2.21. The maximum atomic E-state index is 11.0. The molecule has 14 heavy (non-hydrogen) atoms. The Kier molecular flexibility index (Phi) is 5.95. The molecular weight excluding hydrogens is 204 g/mol. The van der Waals surface area contributed by atoms with Crippen LogP contribution in [0.1, 0.15) is 33.6 Å². The van der Waals surface area contributed by atoms with Gasteiger partial charge >= 0.3 is 5.97 Å². The minimum atomic E-state index is -1.91. The van der Waals surface area contributed by atoms with E-state index in [4.69, 9.17) is 9.29 Å². The van der Waals surface area contributed by atoms with Crippen molar-refractivity contribution < 1.29 is 18.3 Å². The van der Waals surface area contributed by atoms with Crippen LogP contribution >= 0.6 is 0 Å². The zero-order chi connectivity index (χ0) is 11.2. The molecule has 5 heteroatoms. The standard InChI is InChI=1S/C9H18O4S/c1-4-9(2,3)7-13-8(10)5-6-14(11)12/h4-7H2,1-3H3,(H,11,12). The second kappa shape index (κ2) is 6.14. The van der Waals surface area contributed by atoms with Gasteiger partial charge in [-0.25, -0.2) is 4.21 Å². The topological polar surface area (TPSA) is 63.6 Å². The van der Waals surface area contributed by atoms with Gasteiger partial charge in [0.2, 0.25) is 0 Å². The zero-order valence-corrected chi connectivity index (χ0v) is 9.73. The van der Waals surface area contributed by atoms with Gasteiger partial charge in [-0.15, -0.1) is 0 Å². The van der Waals surface area contributed by atoms with Crippen LogP contribution in [0.25, 0.3) is 0 Å². The first kappa shape index (κ1) is 13.6. The van der Waals surface area contributed by atoms with Crippen LogP contribution in [-0.2, 0) is 20.6 Å². The fourth-order valence-corrected chi connectivity index (χ4v) is 0.962. The van der Waals surface area contributed by atoms with Crippen molar-refractivity contribution in [2.45, 2.75) is 33.6 Å². The summed E-state index contributed by atoms with van der Waals surface area (Å²) < 4.78 is 23.7. The molecule has 0 saturated carbocycles. The number of carbonyl (C=O) groups excluding carboxylic acids is 1. The Hall–Kier alpha value is -0.420. The molecule has 0 aliphatic carbocycles. The van der Waals surface area contributed by atoms with E-state index in [9.17, 15) is 9.00 Å². The van der Waals surface area contributed by atoms with Gasteiger partial charge in [0, 0.05) is 0 Å². The maximum absolute atomic E-state index is 11.0. The SMILES string of the molecule is CCC(C)(C)COC(=O)CCS(=O)O. The monoisotopic (exact) mass is 222 g/mol. The van der Waals surface area contributed by atoms with Gasteiger partial charge in [-0.1, -0.05) is 20.8 Å². The Balaban J connectivity index is 3.69. The Morgan fingerprint density at radius 1 is 1.50 bits per heavy atom. The van der Waals surface area contributed by atoms with Gasteiger partial charge in [0.25, 0.3) is 0 Å². The smallest absolute Gasteiger partial charge is 0.306 e. The first-order valence-electron chi connectivity index (χ1n) is 4.60. The summed E-state index contributed by atoms with van der Waals surface area (Å²) in [5.41, 5.74) is -0.0198. The average Bonchev–Trinajstić information content (AvgIpc) is 2.11. The zero-order valence-electron chi connectivity index (χ0n) is 8.91. The number of rotatable bonds is 6. The van der Waals surface area contributed by atoms with Gasteiger partial charge in [-0.05, 0) is 11.8 Å². The molecule has 0 spiro atoms. The summed E-state index contributed by atoms with van der Waals surface area (Å²) in [6.07, 6.45) is 0.926. The highest BCUT2D eigenvalue weighted by Gasteiger charge is 2.17. The van der Waals surface area contributed by atoms with Gasteiger partial charge in [0.05, 0.1) is 18.8 Å². The molecule has 4 nitrogen and oxygen atoms in total. The molecule has 1 atom stereocenters. The molecule has 0 radical (unpaired) electrons. The third-order valence-corrected chi connectivity index (χ3v) is 2.62. The van der Waals surface area contributed by atoms with Crippen molar-refractivity contribution in [3.63, 3.8) is 0 Å². The number of hydrogen-bond acceptors (Lipinski definition) is 3. The van der Waals surface area contributed by atoms with Crippen molar-refractivity contribution in [2.75, 3.05) is 12.4 Å². The lowest BCUT2D eigenvalue weighted by molar-refractivity contribution is -0.146. The molecule has 0 bridgehead atoms. The lowest BCUT2D eigenvalue weighted by atomic mass is 9.92. The second-order valence-corrected chi connectivity index (χ2v) is 5.01. The van der Waals surface area contributed by atoms with Crippen molar-refractivity contribution in [3.8, 4) is 0 Å². The van der Waals surface area contributed by atoms with Crippen LogP contribution in [0.15, 0.2) is 0 Å². The molecule has 84 valence electrons. The van der Waals surface area contributed by atoms with Crippen molar-refractivity contribution in [2.24, 2.45) is 5.41 Å². The summed E-state index contributed by atoms with van der Waals surface area (Å²) in [7, 11) is 0. The molecule has 0 aromatic heterocycles. The third-order valence-electron chi connectivity index (χ3n) is 2.06. The molecule has 0 saturated heterocycles. The first-order chi connectivity index (χ1) is 6.37. The van der Waals surface area contributed by atoms with Crippen LogP contribution in [0, 0.1) is 5.41 Å². The normalized spacial score (nSPS) is 13.7. The molecule has 0 heterocycles. The van der Waals surface area contributed by atoms with E-state index in [1.165, 1.54) is 0 Å². The molecule has 1 unspecified atom stereocenters. The fraction of sp³-hybridized carbons (Fsp3) is 0.889. The van der Waals surface area contributed by atoms with Crippen LogP contribution in [0.5, 0.6) is 0 Å². The van der Waals surface area contributed by atoms with Gasteiger partial charge in [-0.3, -0.25) is 4.79 Å². The van der Waals surface area contributed by atoms with Gasteiger partial charge in [0.1, 0.15) is 0 Å². The molecule has 0 rings (SSSR count). The van der Waals surface area contributed by atoms with Gasteiger partial charge in [-0.2, -0.15) is 0 Å². The van der Waals surface area contributed by atoms with E-state index in [1.807, 2.05) is 20.8 Å². The predicted molar refractivity (Wildman–Crippen MR) is 55.3 cm³/mol. The van der Waals surface area contributed by atoms with Gasteiger partial charge in [0.15, 0.2) is 11.1 Å². The molecule has 0 aromatic rings. The summed E-state index contributed by atoms with van der Waals surface area (Å²) >= 11 is -1.91. The highest BCUT2D eigenvalue weighted by Crippen LogP contribution is 2.19. The van der Waals surface area contributed by atoms with E-state index < -0.39 is 17.0 Å². The summed E-state index contributed by atoms with van der Waals surface area (Å²) in [6, 6.07) is 0. The summed E-state index contributed by atoms with van der Waals surface area (Å²) in [5.74, 6) is -0.459. The summed E-state index contributed by atoms with van der Waals surface area (Å²) in [5, 5.41) is 0. The molecule has 0 aliphatic rings. The molecule has 0 fully saturated rings. The Morgan fingerprint density at radius 2 is 2.07 bits per heavy atom. The summed E-state index contributed by atoms with van der Waals surface area (Å²) in [4.78, 5) is 11.0. The highest BCUT2D eigenvalue weighted by molar-refractivity contribution is 7.79. The number of carbonyl (C=O) groups is 1. The largest absolute Gasteiger partial charge is 0.465 e. The van der Waals surface area contributed by atoms with Crippen LogP contribution in [-0.4, -0.2) is 27.1 Å². The van der Waals surface area contributed by atoms with Crippen molar-refractivity contribution in [1.29, 1.82) is 0 Å². The summed E-state index contributed by atoms with van der Waals surface area (Å²) in [6.45, 7) is 6.39. The van der Waals surface area contributed by atoms with Crippen LogP contribution in [0.4, 0.5) is 0 Å². The average molecular weight is 222 g/mol. The minimum Gasteiger partial charge on any atom is -0.465 e. The second-order valence-electron chi connectivity index (χ2n) is 3.95. The van der Waals surface area contributed by atoms with E-state index in [2.05, 4.69) is 0 Å². The van der Waals surface area contributed by atoms with Gasteiger partial charge < -0.3 is 9.29 Å². The van der Waals surface area contributed by atoms with Crippen LogP contribution < -0.4 is 0 Å². The molecule has 0 aromatic carbocycles. The molecule has 1 N–H and O–H groups in total. The molecule has 0 aliphatic heterocycles. The molecule has 0 amide bonds. The van der Waals surface area contributed by atoms with E-state index in [0.717, 1.165) is 6.42 Å². The third kappa shape index (κ3) is 7.03. The Morgan fingerprint density at radius 3 is 2.50 bits per heavy atom. The Labute approximate surface area is 87.3 Å². The van der Waals surface area contributed by atoms with Crippen molar-refractivity contribution in [3.05, 3.63) is 0 Å². The lowest BCUT2D eigenvalue weighted by Gasteiger charge is -2.21. The van der Waals surface area contributed by atoms with E-state index >= 15 is 0 Å². The molecular formula is C9H18O4S. The first-order valence-corrected chi connectivity index (χ1v) is 5.88. The Bertz CT molecular complexity index is 213. The van der Waals surface area contributed by atoms with Crippen molar-refractivity contribution >= 4 is 17.0 Å². The van der Waals surface area contributed by atoms with Crippen molar-refractivity contribution in [1.82, 2.24) is 0 Å². The van der Waals surface area contributed by atoms with E-state index in [-0.39, 0.29) is 17.6 Å². The van der Waals surface area contributed by atoms with E-state index in [0.29, 0.717) is 6.61 Å². The number of hydrogen-bond donors (Lipinski definition) is 1. The van der Waals surface area contributed by atoms with Crippen LogP contribution in [0.3, 0.4) is 0 Å². The van der Waals surface area contributed by atoms with Crippen LogP contribution in [0.2, 0.25) is 0 Å². The quantitative estimate of drug-likeness (QED) is 0.547.